The van der Waals surface area contributed by atoms with Gasteiger partial charge in [-0.15, -0.1) is 0 Å². The van der Waals surface area contributed by atoms with Crippen molar-refractivity contribution in [2.75, 3.05) is 0 Å². The highest BCUT2D eigenvalue weighted by Crippen LogP contribution is 2.37. The SMILES string of the molecule is OC(c1ncc(Br)cc1Br)C1NCc2ccccc21. The van der Waals surface area contributed by atoms with Crippen LogP contribution in [0.1, 0.15) is 29.0 Å². The van der Waals surface area contributed by atoms with Crippen molar-refractivity contribution in [1.82, 2.24) is 10.3 Å². The molecular formula is C14H12Br2N2O. The molecule has 3 rings (SSSR count). The molecule has 0 amide bonds. The van der Waals surface area contributed by atoms with Gasteiger partial charge in [-0.25, -0.2) is 0 Å². The third kappa shape index (κ3) is 2.48. The summed E-state index contributed by atoms with van der Waals surface area (Å²) in [5.41, 5.74) is 3.03. The summed E-state index contributed by atoms with van der Waals surface area (Å²) in [5.74, 6) is 0. The minimum atomic E-state index is -0.675. The summed E-state index contributed by atoms with van der Waals surface area (Å²) < 4.78 is 1.69. The summed E-state index contributed by atoms with van der Waals surface area (Å²) in [6.45, 7) is 0.784. The van der Waals surface area contributed by atoms with Crippen LogP contribution in [0.15, 0.2) is 45.5 Å². The number of aliphatic hydroxyl groups excluding tert-OH is 1. The molecule has 1 aliphatic rings. The Morgan fingerprint density at radius 2 is 2.11 bits per heavy atom. The molecule has 2 unspecified atom stereocenters. The van der Waals surface area contributed by atoms with Gasteiger partial charge in [0.1, 0.15) is 6.10 Å². The van der Waals surface area contributed by atoms with Gasteiger partial charge in [-0.2, -0.15) is 0 Å². The number of hydrogen-bond acceptors (Lipinski definition) is 3. The Labute approximate surface area is 128 Å². The van der Waals surface area contributed by atoms with E-state index in [9.17, 15) is 5.11 Å². The lowest BCUT2D eigenvalue weighted by molar-refractivity contribution is 0.128. The predicted molar refractivity (Wildman–Crippen MR) is 80.6 cm³/mol. The van der Waals surface area contributed by atoms with E-state index in [0.717, 1.165) is 21.1 Å². The van der Waals surface area contributed by atoms with Gasteiger partial charge in [0.15, 0.2) is 0 Å². The van der Waals surface area contributed by atoms with Crippen LogP contribution in [-0.2, 0) is 6.54 Å². The van der Waals surface area contributed by atoms with Crippen molar-refractivity contribution in [3.8, 4) is 0 Å². The van der Waals surface area contributed by atoms with E-state index in [-0.39, 0.29) is 6.04 Å². The number of hydrogen-bond donors (Lipinski definition) is 2. The van der Waals surface area contributed by atoms with Crippen molar-refractivity contribution in [3.05, 3.63) is 62.3 Å². The zero-order chi connectivity index (χ0) is 13.4. The summed E-state index contributed by atoms with van der Waals surface area (Å²) >= 11 is 6.82. The number of nitrogens with one attached hydrogen (secondary N) is 1. The fourth-order valence-electron chi connectivity index (χ4n) is 2.41. The Balaban J connectivity index is 1.95. The zero-order valence-corrected chi connectivity index (χ0v) is 13.1. The van der Waals surface area contributed by atoms with E-state index in [1.165, 1.54) is 5.56 Å². The minimum absolute atomic E-state index is 0.110. The topological polar surface area (TPSA) is 45.2 Å². The third-order valence-electron chi connectivity index (χ3n) is 3.33. The molecule has 5 heteroatoms. The van der Waals surface area contributed by atoms with Gasteiger partial charge in [0, 0.05) is 21.7 Å². The Morgan fingerprint density at radius 3 is 2.89 bits per heavy atom. The van der Waals surface area contributed by atoms with Crippen molar-refractivity contribution in [3.63, 3.8) is 0 Å². The lowest BCUT2D eigenvalue weighted by atomic mass is 9.99. The van der Waals surface area contributed by atoms with E-state index in [1.807, 2.05) is 18.2 Å². The van der Waals surface area contributed by atoms with Gasteiger partial charge in [0.2, 0.25) is 0 Å². The molecule has 1 aliphatic heterocycles. The second-order valence-corrected chi connectivity index (χ2v) is 6.29. The first-order valence-electron chi connectivity index (χ1n) is 5.97. The number of aromatic nitrogens is 1. The molecule has 2 N–H and O–H groups in total. The summed E-state index contributed by atoms with van der Waals surface area (Å²) in [6.07, 6.45) is 1.02. The summed E-state index contributed by atoms with van der Waals surface area (Å²) in [4.78, 5) is 4.31. The highest BCUT2D eigenvalue weighted by atomic mass is 79.9. The number of nitrogens with zero attached hydrogens (tertiary/aromatic N) is 1. The van der Waals surface area contributed by atoms with E-state index in [2.05, 4.69) is 54.3 Å². The highest BCUT2D eigenvalue weighted by molar-refractivity contribution is 9.11. The molecule has 0 spiro atoms. The van der Waals surface area contributed by atoms with Crippen LogP contribution in [-0.4, -0.2) is 10.1 Å². The Bertz CT molecular complexity index is 618. The van der Waals surface area contributed by atoms with Gasteiger partial charge in [0.05, 0.1) is 11.7 Å². The Morgan fingerprint density at radius 1 is 1.32 bits per heavy atom. The second-order valence-electron chi connectivity index (χ2n) is 4.52. The molecule has 98 valence electrons. The number of fused-ring (bicyclic) bond motifs is 1. The molecule has 0 saturated heterocycles. The van der Waals surface area contributed by atoms with Crippen molar-refractivity contribution >= 4 is 31.9 Å². The maximum absolute atomic E-state index is 10.6. The molecule has 3 nitrogen and oxygen atoms in total. The standard InChI is InChI=1S/C14H12Br2N2O/c15-9-5-11(16)13(18-7-9)14(19)12-10-4-2-1-3-8(10)6-17-12/h1-5,7,12,14,17,19H,6H2. The molecule has 0 radical (unpaired) electrons. The second kappa shape index (κ2) is 5.32. The molecule has 2 heterocycles. The van der Waals surface area contributed by atoms with E-state index in [4.69, 9.17) is 0 Å². The van der Waals surface area contributed by atoms with Crippen LogP contribution >= 0.6 is 31.9 Å². The van der Waals surface area contributed by atoms with E-state index in [1.54, 1.807) is 6.20 Å². The molecule has 2 aromatic rings. The normalized spacial score (nSPS) is 19.2. The highest BCUT2D eigenvalue weighted by Gasteiger charge is 2.30. The van der Waals surface area contributed by atoms with Crippen LogP contribution in [0.2, 0.25) is 0 Å². The van der Waals surface area contributed by atoms with E-state index in [0.29, 0.717) is 5.69 Å². The molecule has 0 saturated carbocycles. The van der Waals surface area contributed by atoms with E-state index < -0.39 is 6.10 Å². The molecule has 0 bridgehead atoms. The van der Waals surface area contributed by atoms with Gasteiger partial charge in [0.25, 0.3) is 0 Å². The van der Waals surface area contributed by atoms with E-state index >= 15 is 0 Å². The molecule has 1 aromatic heterocycles. The van der Waals surface area contributed by atoms with Crippen LogP contribution < -0.4 is 5.32 Å². The lowest BCUT2D eigenvalue weighted by Crippen LogP contribution is -2.21. The fourth-order valence-corrected chi connectivity index (χ4v) is 3.63. The lowest BCUT2D eigenvalue weighted by Gasteiger charge is -2.20. The van der Waals surface area contributed by atoms with Crippen molar-refractivity contribution in [2.24, 2.45) is 0 Å². The van der Waals surface area contributed by atoms with Gasteiger partial charge < -0.3 is 10.4 Å². The van der Waals surface area contributed by atoms with Crippen LogP contribution in [0, 0.1) is 0 Å². The maximum atomic E-state index is 10.6. The van der Waals surface area contributed by atoms with Crippen LogP contribution in [0.4, 0.5) is 0 Å². The Hall–Kier alpha value is -0.750. The minimum Gasteiger partial charge on any atom is -0.385 e. The largest absolute Gasteiger partial charge is 0.385 e. The van der Waals surface area contributed by atoms with Gasteiger partial charge in [-0.3, -0.25) is 4.98 Å². The molecule has 19 heavy (non-hydrogen) atoms. The van der Waals surface area contributed by atoms with Gasteiger partial charge in [-0.05, 0) is 49.1 Å². The van der Waals surface area contributed by atoms with Crippen LogP contribution in [0.5, 0.6) is 0 Å². The third-order valence-corrected chi connectivity index (χ3v) is 4.40. The maximum Gasteiger partial charge on any atom is 0.116 e. The van der Waals surface area contributed by atoms with Gasteiger partial charge >= 0.3 is 0 Å². The summed E-state index contributed by atoms with van der Waals surface area (Å²) in [5, 5.41) is 13.9. The van der Waals surface area contributed by atoms with Gasteiger partial charge in [-0.1, -0.05) is 24.3 Å². The number of benzene rings is 1. The molecule has 0 fully saturated rings. The first-order valence-corrected chi connectivity index (χ1v) is 7.55. The quantitative estimate of drug-likeness (QED) is 0.834. The zero-order valence-electron chi connectivity index (χ0n) is 9.98. The monoisotopic (exact) mass is 382 g/mol. The number of rotatable bonds is 2. The average Bonchev–Trinajstić information content (AvgIpc) is 2.82. The smallest absolute Gasteiger partial charge is 0.116 e. The molecule has 0 aliphatic carbocycles. The number of halogens is 2. The Kier molecular flexibility index (Phi) is 3.71. The van der Waals surface area contributed by atoms with Crippen molar-refractivity contribution < 1.29 is 5.11 Å². The number of aliphatic hydroxyl groups is 1. The van der Waals surface area contributed by atoms with Crippen LogP contribution in [0.25, 0.3) is 0 Å². The van der Waals surface area contributed by atoms with Crippen LogP contribution in [0.3, 0.4) is 0 Å². The van der Waals surface area contributed by atoms with Crippen molar-refractivity contribution in [2.45, 2.75) is 18.7 Å². The van der Waals surface area contributed by atoms with Crippen molar-refractivity contribution in [1.29, 1.82) is 0 Å². The summed E-state index contributed by atoms with van der Waals surface area (Å²) in [7, 11) is 0. The number of pyridine rings is 1. The first-order chi connectivity index (χ1) is 9.16. The summed E-state index contributed by atoms with van der Waals surface area (Å²) in [6, 6.07) is 9.93. The fraction of sp³-hybridized carbons (Fsp3) is 0.214. The average molecular weight is 384 g/mol. The predicted octanol–water partition coefficient (Wildman–Crippen LogP) is 3.48. The molecule has 1 aromatic carbocycles. The first kappa shape index (κ1) is 13.2. The molecule has 2 atom stereocenters. The molecular weight excluding hydrogens is 372 g/mol.